The first-order chi connectivity index (χ1) is 7.63. The maximum absolute atomic E-state index is 9.80. The molecule has 16 heavy (non-hydrogen) atoms. The number of rotatable bonds is 4. The first kappa shape index (κ1) is 12.6. The number of phenols is 1. The highest BCUT2D eigenvalue weighted by Gasteiger charge is 2.17. The molecule has 0 aliphatic rings. The topological polar surface area (TPSA) is 98.5 Å². The largest absolute Gasteiger partial charge is 0.504 e. The Bertz CT molecular complexity index is 432. The highest BCUT2D eigenvalue weighted by Crippen LogP contribution is 2.38. The van der Waals surface area contributed by atoms with Crippen LogP contribution in [0.1, 0.15) is 11.6 Å². The van der Waals surface area contributed by atoms with E-state index in [1.165, 1.54) is 7.11 Å². The van der Waals surface area contributed by atoms with Gasteiger partial charge in [-0.25, -0.2) is 0 Å². The predicted molar refractivity (Wildman–Crippen MR) is 61.3 cm³/mol. The van der Waals surface area contributed by atoms with Gasteiger partial charge < -0.3 is 14.9 Å². The lowest BCUT2D eigenvalue weighted by Gasteiger charge is -2.13. The first-order valence-corrected chi connectivity index (χ1v) is 5.14. The Balaban J connectivity index is 3.30. The second-order valence-electron chi connectivity index (χ2n) is 2.95. The molecule has 6 nitrogen and oxygen atoms in total. The lowest BCUT2D eigenvalue weighted by atomic mass is 10.1. The van der Waals surface area contributed by atoms with Crippen molar-refractivity contribution in [1.82, 2.24) is 0 Å². The van der Waals surface area contributed by atoms with E-state index in [0.29, 0.717) is 10.0 Å². The Kier molecular flexibility index (Phi) is 4.42. The van der Waals surface area contributed by atoms with Crippen molar-refractivity contribution in [3.63, 3.8) is 0 Å². The van der Waals surface area contributed by atoms with Crippen LogP contribution in [0.4, 0.5) is 0 Å². The fraction of sp³-hybridized carbons (Fsp3) is 0.333. The monoisotopic (exact) mass is 287 g/mol. The molecule has 1 aromatic carbocycles. The predicted octanol–water partition coefficient (Wildman–Crippen LogP) is 2.51. The number of nitrogens with zero attached hydrogens (tertiary/aromatic N) is 3. The molecule has 0 spiro atoms. The Morgan fingerprint density at radius 3 is 2.81 bits per heavy atom. The van der Waals surface area contributed by atoms with Crippen LogP contribution in [0.5, 0.6) is 11.5 Å². The molecule has 0 aromatic heterocycles. The summed E-state index contributed by atoms with van der Waals surface area (Å²) in [7, 11) is 1.41. The van der Waals surface area contributed by atoms with E-state index in [9.17, 15) is 5.11 Å². The van der Waals surface area contributed by atoms with E-state index in [1.54, 1.807) is 12.1 Å². The number of azide groups is 1. The van der Waals surface area contributed by atoms with Gasteiger partial charge in [-0.05, 0) is 17.7 Å². The minimum Gasteiger partial charge on any atom is -0.504 e. The number of hydrogen-bond acceptors (Lipinski definition) is 4. The van der Waals surface area contributed by atoms with Crippen molar-refractivity contribution >= 4 is 15.9 Å². The third-order valence-electron chi connectivity index (χ3n) is 2.01. The lowest BCUT2D eigenvalue weighted by molar-refractivity contribution is 0.264. The van der Waals surface area contributed by atoms with E-state index in [-0.39, 0.29) is 11.5 Å². The van der Waals surface area contributed by atoms with Gasteiger partial charge >= 0.3 is 0 Å². The van der Waals surface area contributed by atoms with Gasteiger partial charge in [-0.1, -0.05) is 21.0 Å². The summed E-state index contributed by atoms with van der Waals surface area (Å²) in [4.78, 5) is 2.61. The van der Waals surface area contributed by atoms with Crippen LogP contribution in [-0.4, -0.2) is 23.9 Å². The Morgan fingerprint density at radius 1 is 1.62 bits per heavy atom. The summed E-state index contributed by atoms with van der Waals surface area (Å²) in [6, 6.07) is 2.30. The number of aliphatic hydroxyl groups is 1. The summed E-state index contributed by atoms with van der Waals surface area (Å²) in [5.74, 6) is 0.105. The Morgan fingerprint density at radius 2 is 2.31 bits per heavy atom. The molecule has 86 valence electrons. The van der Waals surface area contributed by atoms with Gasteiger partial charge in [0.2, 0.25) is 0 Å². The van der Waals surface area contributed by atoms with Gasteiger partial charge in [0, 0.05) is 14.9 Å². The van der Waals surface area contributed by atoms with Crippen molar-refractivity contribution < 1.29 is 14.9 Å². The number of hydrogen-bond donors (Lipinski definition) is 2. The molecule has 0 aliphatic heterocycles. The van der Waals surface area contributed by atoms with E-state index >= 15 is 0 Å². The molecule has 0 aliphatic carbocycles. The van der Waals surface area contributed by atoms with Crippen LogP contribution < -0.4 is 4.74 Å². The normalized spacial score (nSPS) is 11.7. The zero-order valence-corrected chi connectivity index (χ0v) is 10.0. The number of aromatic hydroxyl groups is 1. The van der Waals surface area contributed by atoms with Crippen LogP contribution >= 0.6 is 15.9 Å². The zero-order chi connectivity index (χ0) is 12.1. The van der Waals surface area contributed by atoms with Crippen LogP contribution in [0.2, 0.25) is 0 Å². The van der Waals surface area contributed by atoms with Crippen molar-refractivity contribution in [3.8, 4) is 11.5 Å². The molecule has 0 bridgehead atoms. The van der Waals surface area contributed by atoms with Gasteiger partial charge in [0.05, 0.1) is 19.8 Å². The number of aliphatic hydroxyl groups excluding tert-OH is 1. The van der Waals surface area contributed by atoms with E-state index < -0.39 is 12.6 Å². The van der Waals surface area contributed by atoms with Gasteiger partial charge in [0.15, 0.2) is 11.5 Å². The van der Waals surface area contributed by atoms with Crippen LogP contribution in [0, 0.1) is 0 Å². The third kappa shape index (κ3) is 2.57. The summed E-state index contributed by atoms with van der Waals surface area (Å²) in [6.45, 7) is -0.392. The first-order valence-electron chi connectivity index (χ1n) is 4.35. The molecular weight excluding hydrogens is 278 g/mol. The van der Waals surface area contributed by atoms with Crippen molar-refractivity contribution in [1.29, 1.82) is 0 Å². The summed E-state index contributed by atoms with van der Waals surface area (Å²) in [6.07, 6.45) is 0. The van der Waals surface area contributed by atoms with Gasteiger partial charge in [0.25, 0.3) is 0 Å². The summed E-state index contributed by atoms with van der Waals surface area (Å²) in [5, 5.41) is 22.2. The number of ether oxygens (including phenoxy) is 1. The molecule has 0 fully saturated rings. The smallest absolute Gasteiger partial charge is 0.161 e. The van der Waals surface area contributed by atoms with Crippen molar-refractivity contribution in [2.45, 2.75) is 6.04 Å². The fourth-order valence-electron chi connectivity index (χ4n) is 1.26. The second-order valence-corrected chi connectivity index (χ2v) is 3.86. The van der Waals surface area contributed by atoms with Gasteiger partial charge in [-0.15, -0.1) is 0 Å². The highest BCUT2D eigenvalue weighted by molar-refractivity contribution is 9.10. The Labute approximate surface area is 100 Å². The summed E-state index contributed by atoms with van der Waals surface area (Å²) >= 11 is 3.23. The van der Waals surface area contributed by atoms with Crippen LogP contribution in [0.15, 0.2) is 21.7 Å². The minimum absolute atomic E-state index is 0.142. The molecule has 1 unspecified atom stereocenters. The van der Waals surface area contributed by atoms with Gasteiger partial charge in [-0.3, -0.25) is 0 Å². The van der Waals surface area contributed by atoms with Crippen molar-refractivity contribution in [2.75, 3.05) is 13.7 Å². The molecule has 2 N–H and O–H groups in total. The number of phenolic OH excluding ortho intramolecular Hbond substituents is 1. The third-order valence-corrected chi connectivity index (χ3v) is 2.47. The molecule has 1 aromatic rings. The molecule has 0 heterocycles. The van der Waals surface area contributed by atoms with E-state index in [2.05, 4.69) is 26.0 Å². The second kappa shape index (κ2) is 5.60. The zero-order valence-electron chi connectivity index (χ0n) is 8.46. The van der Waals surface area contributed by atoms with Crippen molar-refractivity contribution in [3.05, 3.63) is 32.6 Å². The quantitative estimate of drug-likeness (QED) is 0.506. The summed E-state index contributed by atoms with van der Waals surface area (Å²) in [5.41, 5.74) is 8.65. The molecule has 0 amide bonds. The van der Waals surface area contributed by atoms with Crippen LogP contribution in [-0.2, 0) is 0 Å². The average Bonchev–Trinajstić information content (AvgIpc) is 2.28. The molecule has 0 saturated heterocycles. The van der Waals surface area contributed by atoms with E-state index in [1.807, 2.05) is 0 Å². The minimum atomic E-state index is -0.837. The lowest BCUT2D eigenvalue weighted by Crippen LogP contribution is -2.01. The Hall–Kier alpha value is -1.43. The van der Waals surface area contributed by atoms with Crippen molar-refractivity contribution in [2.24, 2.45) is 5.11 Å². The maximum Gasteiger partial charge on any atom is 0.161 e. The molecule has 1 atom stereocenters. The molecule has 0 radical (unpaired) electrons. The standard InChI is InChI=1S/C9H10BrN3O3/c1-16-8-3-5(10)2-6(9(8)15)7(4-14)12-13-11/h2-3,7,14-15H,4H2,1H3. The van der Waals surface area contributed by atoms with E-state index in [4.69, 9.17) is 15.4 Å². The fourth-order valence-corrected chi connectivity index (χ4v) is 1.72. The highest BCUT2D eigenvalue weighted by atomic mass is 79.9. The molecule has 0 saturated carbocycles. The van der Waals surface area contributed by atoms with E-state index in [0.717, 1.165) is 0 Å². The summed E-state index contributed by atoms with van der Waals surface area (Å²) < 4.78 is 5.60. The SMILES string of the molecule is COc1cc(Br)cc(C(CO)N=[N+]=[N-])c1O. The average molecular weight is 288 g/mol. The van der Waals surface area contributed by atoms with Gasteiger partial charge in [0.1, 0.15) is 0 Å². The van der Waals surface area contributed by atoms with Crippen LogP contribution in [0.25, 0.3) is 10.4 Å². The molecule has 1 rings (SSSR count). The molecular formula is C9H10BrN3O3. The van der Waals surface area contributed by atoms with Gasteiger partial charge in [-0.2, -0.15) is 0 Å². The number of methoxy groups -OCH3 is 1. The number of benzene rings is 1. The van der Waals surface area contributed by atoms with Crippen LogP contribution in [0.3, 0.4) is 0 Å². The maximum atomic E-state index is 9.80. The number of halogens is 1. The molecule has 7 heteroatoms.